The molecule has 0 spiro atoms. The molecule has 31 heavy (non-hydrogen) atoms. The fraction of sp³-hybridized carbons (Fsp3) is 0.435. The molecule has 2 saturated heterocycles. The Morgan fingerprint density at radius 3 is 2.55 bits per heavy atom. The number of nitrogens with zero attached hydrogens (tertiary/aromatic N) is 2. The molecule has 4 rings (SSSR count). The van der Waals surface area contributed by atoms with Gasteiger partial charge in [0.05, 0.1) is 17.7 Å². The molecule has 2 aliphatic rings. The molecule has 8 heteroatoms. The van der Waals surface area contributed by atoms with Crippen molar-refractivity contribution in [3.05, 3.63) is 53.5 Å². The summed E-state index contributed by atoms with van der Waals surface area (Å²) in [7, 11) is 0. The van der Waals surface area contributed by atoms with E-state index in [1.807, 2.05) is 32.0 Å². The Balaban J connectivity index is 1.35. The molecule has 0 bridgehead atoms. The Kier molecular flexibility index (Phi) is 6.36. The summed E-state index contributed by atoms with van der Waals surface area (Å²) in [5, 5.41) is 2.97. The van der Waals surface area contributed by atoms with E-state index in [9.17, 15) is 14.4 Å². The van der Waals surface area contributed by atoms with Crippen LogP contribution in [0.15, 0.2) is 41.2 Å². The van der Waals surface area contributed by atoms with Crippen LogP contribution in [0.2, 0.25) is 0 Å². The van der Waals surface area contributed by atoms with Crippen LogP contribution in [0.5, 0.6) is 0 Å². The van der Waals surface area contributed by atoms with Gasteiger partial charge in [-0.3, -0.25) is 14.4 Å². The van der Waals surface area contributed by atoms with Crippen molar-refractivity contribution >= 4 is 35.2 Å². The highest BCUT2D eigenvalue weighted by Gasteiger charge is 2.39. The predicted molar refractivity (Wildman–Crippen MR) is 120 cm³/mol. The van der Waals surface area contributed by atoms with Crippen LogP contribution < -0.4 is 5.32 Å². The van der Waals surface area contributed by atoms with Gasteiger partial charge >= 0.3 is 0 Å². The summed E-state index contributed by atoms with van der Waals surface area (Å²) >= 11 is 1.60. The maximum absolute atomic E-state index is 13.2. The van der Waals surface area contributed by atoms with E-state index >= 15 is 0 Å². The van der Waals surface area contributed by atoms with Crippen molar-refractivity contribution < 1.29 is 18.8 Å². The number of hydrogen-bond donors (Lipinski definition) is 1. The predicted octanol–water partition coefficient (Wildman–Crippen LogP) is 3.29. The minimum absolute atomic E-state index is 0.0145. The molecule has 0 aliphatic carbocycles. The monoisotopic (exact) mass is 441 g/mol. The van der Waals surface area contributed by atoms with Crippen molar-refractivity contribution in [1.82, 2.24) is 9.80 Å². The van der Waals surface area contributed by atoms with Crippen LogP contribution in [0.3, 0.4) is 0 Å². The Hall–Kier alpha value is -2.74. The van der Waals surface area contributed by atoms with Gasteiger partial charge in [-0.1, -0.05) is 6.07 Å². The Labute approximate surface area is 186 Å². The molecule has 3 heterocycles. The second kappa shape index (κ2) is 9.18. The van der Waals surface area contributed by atoms with E-state index in [4.69, 9.17) is 4.42 Å². The SMILES string of the molecule is Cc1ccc(NC(=O)C2CSCN2C(=O)C2CCN(C(=O)c3ccoc3)CC2)cc1C. The number of hydrogen-bond acceptors (Lipinski definition) is 5. The highest BCUT2D eigenvalue weighted by molar-refractivity contribution is 7.99. The maximum Gasteiger partial charge on any atom is 0.257 e. The van der Waals surface area contributed by atoms with Gasteiger partial charge < -0.3 is 19.5 Å². The first-order valence-electron chi connectivity index (χ1n) is 10.5. The van der Waals surface area contributed by atoms with Crippen LogP contribution in [0, 0.1) is 19.8 Å². The lowest BCUT2D eigenvalue weighted by molar-refractivity contribution is -0.140. The van der Waals surface area contributed by atoms with E-state index in [1.54, 1.807) is 27.6 Å². The molecule has 1 atom stereocenters. The number of carbonyl (C=O) groups is 3. The summed E-state index contributed by atoms with van der Waals surface area (Å²) in [6.07, 6.45) is 4.14. The molecule has 2 aromatic rings. The van der Waals surface area contributed by atoms with Gasteiger partial charge in [-0.25, -0.2) is 0 Å². The standard InChI is InChI=1S/C23H27N3O4S/c1-15-3-4-19(11-16(15)2)24-21(27)20-13-31-14-26(20)23(29)17-5-8-25(9-6-17)22(28)18-7-10-30-12-18/h3-4,7,10-12,17,20H,5-6,8-9,13-14H2,1-2H3,(H,24,27). The molecule has 1 aromatic carbocycles. The lowest BCUT2D eigenvalue weighted by atomic mass is 9.94. The molecular formula is C23H27N3O4S. The van der Waals surface area contributed by atoms with E-state index in [-0.39, 0.29) is 23.6 Å². The van der Waals surface area contributed by atoms with Gasteiger partial charge in [-0.05, 0) is 56.0 Å². The van der Waals surface area contributed by atoms with Gasteiger partial charge in [0.15, 0.2) is 0 Å². The number of likely N-dealkylation sites (tertiary alicyclic amines) is 1. The molecule has 3 amide bonds. The van der Waals surface area contributed by atoms with Crippen LogP contribution in [0.4, 0.5) is 5.69 Å². The molecule has 164 valence electrons. The number of thioether (sulfide) groups is 1. The third-order valence-electron chi connectivity index (χ3n) is 6.14. The first-order chi connectivity index (χ1) is 14.9. The summed E-state index contributed by atoms with van der Waals surface area (Å²) in [5.41, 5.74) is 3.57. The quantitative estimate of drug-likeness (QED) is 0.787. The second-order valence-electron chi connectivity index (χ2n) is 8.19. The van der Waals surface area contributed by atoms with E-state index in [1.165, 1.54) is 18.1 Å². The molecule has 1 N–H and O–H groups in total. The maximum atomic E-state index is 13.2. The summed E-state index contributed by atoms with van der Waals surface area (Å²) in [4.78, 5) is 42.0. The van der Waals surface area contributed by atoms with Gasteiger partial charge in [0.1, 0.15) is 12.3 Å². The van der Waals surface area contributed by atoms with Gasteiger partial charge in [-0.2, -0.15) is 0 Å². The van der Waals surface area contributed by atoms with Crippen LogP contribution in [-0.4, -0.2) is 58.3 Å². The Morgan fingerprint density at radius 2 is 1.87 bits per heavy atom. The van der Waals surface area contributed by atoms with Gasteiger partial charge in [-0.15, -0.1) is 11.8 Å². The lowest BCUT2D eigenvalue weighted by Crippen LogP contribution is -2.49. The molecule has 2 fully saturated rings. The highest BCUT2D eigenvalue weighted by atomic mass is 32.2. The fourth-order valence-electron chi connectivity index (χ4n) is 4.05. The zero-order valence-electron chi connectivity index (χ0n) is 17.8. The molecular weight excluding hydrogens is 414 g/mol. The number of benzene rings is 1. The van der Waals surface area contributed by atoms with Gasteiger partial charge in [0.2, 0.25) is 11.8 Å². The van der Waals surface area contributed by atoms with Crippen LogP contribution in [0.1, 0.15) is 34.3 Å². The molecule has 1 unspecified atom stereocenters. The van der Waals surface area contributed by atoms with Crippen molar-refractivity contribution in [3.8, 4) is 0 Å². The number of piperidine rings is 1. The third-order valence-corrected chi connectivity index (χ3v) is 7.15. The molecule has 0 saturated carbocycles. The number of carbonyl (C=O) groups excluding carboxylic acids is 3. The smallest absolute Gasteiger partial charge is 0.257 e. The van der Waals surface area contributed by atoms with Crippen LogP contribution in [0.25, 0.3) is 0 Å². The fourth-order valence-corrected chi connectivity index (χ4v) is 5.22. The largest absolute Gasteiger partial charge is 0.472 e. The van der Waals surface area contributed by atoms with Crippen molar-refractivity contribution in [3.63, 3.8) is 0 Å². The number of anilines is 1. The van der Waals surface area contributed by atoms with Crippen molar-refractivity contribution in [1.29, 1.82) is 0 Å². The van der Waals surface area contributed by atoms with Crippen molar-refractivity contribution in [2.45, 2.75) is 32.7 Å². The van der Waals surface area contributed by atoms with Gasteiger partial charge in [0, 0.05) is 30.4 Å². The molecule has 7 nitrogen and oxygen atoms in total. The average molecular weight is 442 g/mol. The number of amides is 3. The number of furan rings is 1. The lowest BCUT2D eigenvalue weighted by Gasteiger charge is -2.34. The first-order valence-corrected chi connectivity index (χ1v) is 11.7. The molecule has 1 aromatic heterocycles. The first kappa shape index (κ1) is 21.5. The molecule has 2 aliphatic heterocycles. The number of aryl methyl sites for hydroxylation is 2. The normalized spacial score (nSPS) is 19.5. The van der Waals surface area contributed by atoms with Crippen molar-refractivity contribution in [2.24, 2.45) is 5.92 Å². The van der Waals surface area contributed by atoms with E-state index in [2.05, 4.69) is 5.32 Å². The summed E-state index contributed by atoms with van der Waals surface area (Å²) in [5.74, 6) is 0.763. The molecule has 0 radical (unpaired) electrons. The van der Waals surface area contributed by atoms with Crippen LogP contribution >= 0.6 is 11.8 Å². The summed E-state index contributed by atoms with van der Waals surface area (Å²) in [6, 6.07) is 7.01. The zero-order chi connectivity index (χ0) is 22.0. The zero-order valence-corrected chi connectivity index (χ0v) is 18.6. The summed E-state index contributed by atoms with van der Waals surface area (Å²) < 4.78 is 4.99. The number of nitrogens with one attached hydrogen (secondary N) is 1. The average Bonchev–Trinajstić information content (AvgIpc) is 3.48. The topological polar surface area (TPSA) is 82.9 Å². The second-order valence-corrected chi connectivity index (χ2v) is 9.19. The Morgan fingerprint density at radius 1 is 1.10 bits per heavy atom. The third kappa shape index (κ3) is 4.63. The minimum atomic E-state index is -0.468. The van der Waals surface area contributed by atoms with E-state index in [0.717, 1.165) is 11.3 Å². The van der Waals surface area contributed by atoms with E-state index < -0.39 is 6.04 Å². The van der Waals surface area contributed by atoms with Crippen LogP contribution in [-0.2, 0) is 9.59 Å². The highest BCUT2D eigenvalue weighted by Crippen LogP contribution is 2.28. The number of rotatable bonds is 4. The van der Waals surface area contributed by atoms with Gasteiger partial charge in [0.25, 0.3) is 5.91 Å². The van der Waals surface area contributed by atoms with E-state index in [0.29, 0.717) is 43.1 Å². The summed E-state index contributed by atoms with van der Waals surface area (Å²) in [6.45, 7) is 5.10. The Bertz CT molecular complexity index is 967. The van der Waals surface area contributed by atoms with Crippen molar-refractivity contribution in [2.75, 3.05) is 30.0 Å². The minimum Gasteiger partial charge on any atom is -0.472 e.